The van der Waals surface area contributed by atoms with Gasteiger partial charge in [0.05, 0.1) is 12.8 Å². The highest BCUT2D eigenvalue weighted by Gasteiger charge is 2.09. The van der Waals surface area contributed by atoms with Crippen LogP contribution in [0.2, 0.25) is 0 Å². The van der Waals surface area contributed by atoms with E-state index in [1.807, 2.05) is 29.0 Å². The molecule has 0 amide bonds. The molecule has 0 fully saturated rings. The van der Waals surface area contributed by atoms with Gasteiger partial charge < -0.3 is 14.8 Å². The third kappa shape index (κ3) is 3.52. The predicted molar refractivity (Wildman–Crippen MR) is 82.8 cm³/mol. The maximum atomic E-state index is 5.27. The summed E-state index contributed by atoms with van der Waals surface area (Å²) in [5, 5.41) is 3.30. The number of aromatic nitrogens is 2. The van der Waals surface area contributed by atoms with E-state index in [1.54, 1.807) is 20.4 Å². The molecule has 0 atom stereocenters. The number of nitrogens with one attached hydrogen (secondary N) is 1. The summed E-state index contributed by atoms with van der Waals surface area (Å²) in [6, 6.07) is 5.84. The molecule has 2 rings (SSSR count). The maximum Gasteiger partial charge on any atom is 0.207 e. The number of halogens is 1. The fourth-order valence-corrected chi connectivity index (χ4v) is 2.29. The van der Waals surface area contributed by atoms with Gasteiger partial charge in [-0.1, -0.05) is 0 Å². The molecule has 1 aromatic carbocycles. The minimum absolute atomic E-state index is 0.733. The molecule has 6 heteroatoms. The van der Waals surface area contributed by atoms with Crippen LogP contribution in [0.15, 0.2) is 35.1 Å². The van der Waals surface area contributed by atoms with Crippen molar-refractivity contribution < 1.29 is 9.47 Å². The zero-order chi connectivity index (χ0) is 14.4. The van der Waals surface area contributed by atoms with Gasteiger partial charge in [-0.3, -0.25) is 4.57 Å². The van der Waals surface area contributed by atoms with Crippen molar-refractivity contribution in [3.05, 3.63) is 35.1 Å². The number of imidazole rings is 1. The molecule has 2 aromatic rings. The molecule has 0 saturated carbocycles. The van der Waals surface area contributed by atoms with E-state index in [9.17, 15) is 0 Å². The van der Waals surface area contributed by atoms with Crippen molar-refractivity contribution in [2.75, 3.05) is 32.7 Å². The standard InChI is InChI=1S/C14H18BrN3O2/c1-19-9-3-6-16-14-17-7-8-18(14)13-10-11(20-2)4-5-12(13)15/h4-5,7-8,10H,3,6,9H2,1-2H3,(H,16,17). The minimum atomic E-state index is 0.733. The van der Waals surface area contributed by atoms with Gasteiger partial charge in [0.25, 0.3) is 0 Å². The van der Waals surface area contributed by atoms with E-state index >= 15 is 0 Å². The van der Waals surface area contributed by atoms with Crippen LogP contribution in [-0.4, -0.2) is 36.9 Å². The van der Waals surface area contributed by atoms with Gasteiger partial charge in [0.2, 0.25) is 5.95 Å². The fourth-order valence-electron chi connectivity index (χ4n) is 1.85. The van der Waals surface area contributed by atoms with Crippen LogP contribution in [0.3, 0.4) is 0 Å². The van der Waals surface area contributed by atoms with Crippen molar-refractivity contribution in [1.82, 2.24) is 9.55 Å². The molecule has 1 aromatic heterocycles. The minimum Gasteiger partial charge on any atom is -0.497 e. The summed E-state index contributed by atoms with van der Waals surface area (Å²) in [6.45, 7) is 1.54. The molecule has 0 aliphatic rings. The summed E-state index contributed by atoms with van der Waals surface area (Å²) in [7, 11) is 3.36. The molecule has 1 heterocycles. The van der Waals surface area contributed by atoms with E-state index in [1.165, 1.54) is 0 Å². The van der Waals surface area contributed by atoms with Crippen molar-refractivity contribution >= 4 is 21.9 Å². The molecule has 0 saturated heterocycles. The Balaban J connectivity index is 2.18. The van der Waals surface area contributed by atoms with E-state index in [4.69, 9.17) is 9.47 Å². The van der Waals surface area contributed by atoms with Crippen LogP contribution in [0.5, 0.6) is 5.75 Å². The Labute approximate surface area is 127 Å². The highest BCUT2D eigenvalue weighted by atomic mass is 79.9. The largest absolute Gasteiger partial charge is 0.497 e. The first-order valence-electron chi connectivity index (χ1n) is 6.36. The number of methoxy groups -OCH3 is 2. The first-order valence-corrected chi connectivity index (χ1v) is 7.15. The molecule has 5 nitrogen and oxygen atoms in total. The zero-order valence-electron chi connectivity index (χ0n) is 11.6. The van der Waals surface area contributed by atoms with Crippen LogP contribution in [-0.2, 0) is 4.74 Å². The Morgan fingerprint density at radius 2 is 2.20 bits per heavy atom. The summed E-state index contributed by atoms with van der Waals surface area (Å²) in [5.74, 6) is 1.61. The van der Waals surface area contributed by atoms with Gasteiger partial charge >= 0.3 is 0 Å². The Hall–Kier alpha value is -1.53. The number of nitrogens with zero attached hydrogens (tertiary/aromatic N) is 2. The number of hydrogen-bond acceptors (Lipinski definition) is 4. The molecule has 108 valence electrons. The normalized spacial score (nSPS) is 10.6. The van der Waals surface area contributed by atoms with Crippen LogP contribution < -0.4 is 10.1 Å². The van der Waals surface area contributed by atoms with Crippen LogP contribution in [0.4, 0.5) is 5.95 Å². The van der Waals surface area contributed by atoms with Crippen LogP contribution in [0, 0.1) is 0 Å². The SMILES string of the molecule is COCCCNc1nccn1-c1cc(OC)ccc1Br. The average molecular weight is 340 g/mol. The molecule has 0 bridgehead atoms. The number of anilines is 1. The lowest BCUT2D eigenvalue weighted by molar-refractivity contribution is 0.197. The van der Waals surface area contributed by atoms with Crippen LogP contribution in [0.1, 0.15) is 6.42 Å². The molecular weight excluding hydrogens is 322 g/mol. The molecule has 1 N–H and O–H groups in total. The van der Waals surface area contributed by atoms with E-state index < -0.39 is 0 Å². The summed E-state index contributed by atoms with van der Waals surface area (Å²) in [5.41, 5.74) is 0.982. The van der Waals surface area contributed by atoms with Gasteiger partial charge in [-0.25, -0.2) is 4.98 Å². The molecule has 0 spiro atoms. The molecule has 20 heavy (non-hydrogen) atoms. The molecule has 0 unspecified atom stereocenters. The Kier molecular flexibility index (Phi) is 5.43. The summed E-state index contributed by atoms with van der Waals surface area (Å²) < 4.78 is 13.3. The third-order valence-corrected chi connectivity index (χ3v) is 3.53. The summed E-state index contributed by atoms with van der Waals surface area (Å²) >= 11 is 3.56. The highest BCUT2D eigenvalue weighted by molar-refractivity contribution is 9.10. The third-order valence-electron chi connectivity index (χ3n) is 2.86. The van der Waals surface area contributed by atoms with Gasteiger partial charge in [-0.2, -0.15) is 0 Å². The molecule has 0 aliphatic heterocycles. The second-order valence-electron chi connectivity index (χ2n) is 4.21. The van der Waals surface area contributed by atoms with Crippen molar-refractivity contribution in [3.8, 4) is 11.4 Å². The molecular formula is C14H18BrN3O2. The van der Waals surface area contributed by atoms with Crippen LogP contribution in [0.25, 0.3) is 5.69 Å². The summed E-state index contributed by atoms with van der Waals surface area (Å²) in [6.07, 6.45) is 4.62. The van der Waals surface area contributed by atoms with Gasteiger partial charge in [-0.15, -0.1) is 0 Å². The Bertz CT molecular complexity index is 557. The monoisotopic (exact) mass is 339 g/mol. The average Bonchev–Trinajstić information content (AvgIpc) is 2.92. The number of hydrogen-bond donors (Lipinski definition) is 1. The van der Waals surface area contributed by atoms with Gasteiger partial charge in [0, 0.05) is 43.2 Å². The topological polar surface area (TPSA) is 48.3 Å². The van der Waals surface area contributed by atoms with E-state index in [0.29, 0.717) is 0 Å². The first kappa shape index (κ1) is 14.9. The van der Waals surface area contributed by atoms with Crippen molar-refractivity contribution in [1.29, 1.82) is 0 Å². The van der Waals surface area contributed by atoms with Crippen molar-refractivity contribution in [2.45, 2.75) is 6.42 Å². The number of benzene rings is 1. The van der Waals surface area contributed by atoms with Gasteiger partial charge in [0.1, 0.15) is 5.75 Å². The number of rotatable bonds is 7. The van der Waals surface area contributed by atoms with Crippen LogP contribution >= 0.6 is 15.9 Å². The maximum absolute atomic E-state index is 5.27. The lowest BCUT2D eigenvalue weighted by Crippen LogP contribution is -2.09. The van der Waals surface area contributed by atoms with Gasteiger partial charge in [-0.05, 0) is 34.5 Å². The van der Waals surface area contributed by atoms with E-state index in [-0.39, 0.29) is 0 Å². The Morgan fingerprint density at radius 3 is 2.95 bits per heavy atom. The van der Waals surface area contributed by atoms with Crippen molar-refractivity contribution in [3.63, 3.8) is 0 Å². The second kappa shape index (κ2) is 7.31. The fraction of sp³-hybridized carbons (Fsp3) is 0.357. The Morgan fingerprint density at radius 1 is 1.35 bits per heavy atom. The second-order valence-corrected chi connectivity index (χ2v) is 5.07. The van der Waals surface area contributed by atoms with Gasteiger partial charge in [0.15, 0.2) is 0 Å². The van der Waals surface area contributed by atoms with Crippen molar-refractivity contribution in [2.24, 2.45) is 0 Å². The molecule has 0 radical (unpaired) electrons. The molecule has 0 aliphatic carbocycles. The lowest BCUT2D eigenvalue weighted by Gasteiger charge is -2.12. The quantitative estimate of drug-likeness (QED) is 0.787. The van der Waals surface area contributed by atoms with E-state index in [2.05, 4.69) is 26.2 Å². The first-order chi connectivity index (χ1) is 9.76. The highest BCUT2D eigenvalue weighted by Crippen LogP contribution is 2.27. The lowest BCUT2D eigenvalue weighted by atomic mass is 10.3. The smallest absolute Gasteiger partial charge is 0.207 e. The van der Waals surface area contributed by atoms with E-state index in [0.717, 1.165) is 41.4 Å². The predicted octanol–water partition coefficient (Wildman–Crippen LogP) is 3.09. The summed E-state index contributed by atoms with van der Waals surface area (Å²) in [4.78, 5) is 4.34. The zero-order valence-corrected chi connectivity index (χ0v) is 13.2. The number of ether oxygens (including phenoxy) is 2.